The Kier molecular flexibility index (Phi) is 5.30. The third-order valence-electron chi connectivity index (χ3n) is 4.90. The van der Waals surface area contributed by atoms with Crippen LogP contribution in [0, 0.1) is 11.8 Å². The molecule has 6 nitrogen and oxygen atoms in total. The van der Waals surface area contributed by atoms with Crippen molar-refractivity contribution in [3.05, 3.63) is 23.8 Å². The van der Waals surface area contributed by atoms with Gasteiger partial charge >= 0.3 is 0 Å². The number of piperidine rings is 1. The van der Waals surface area contributed by atoms with Crippen LogP contribution in [0.3, 0.4) is 0 Å². The minimum absolute atomic E-state index is 0.0360. The summed E-state index contributed by atoms with van der Waals surface area (Å²) in [6, 6.07) is 4.95. The Morgan fingerprint density at radius 2 is 1.88 bits per heavy atom. The first kappa shape index (κ1) is 19.2. The van der Waals surface area contributed by atoms with E-state index in [2.05, 4.69) is 19.2 Å². The van der Waals surface area contributed by atoms with Crippen LogP contribution in [0.2, 0.25) is 0 Å². The Morgan fingerprint density at radius 1 is 1.23 bits per heavy atom. The molecule has 1 saturated heterocycles. The molecule has 2 heterocycles. The predicted octanol–water partition coefficient (Wildman–Crippen LogP) is 2.18. The van der Waals surface area contributed by atoms with Gasteiger partial charge in [0.1, 0.15) is 5.75 Å². The number of rotatable bonds is 4. The van der Waals surface area contributed by atoms with Gasteiger partial charge in [0.05, 0.1) is 4.90 Å². The highest BCUT2D eigenvalue weighted by Gasteiger charge is 2.34. The molecule has 3 unspecified atom stereocenters. The quantitative estimate of drug-likeness (QED) is 0.869. The van der Waals surface area contributed by atoms with Gasteiger partial charge in [-0.15, -0.1) is 0 Å². The lowest BCUT2D eigenvalue weighted by molar-refractivity contribution is -0.127. The molecular weight excluding hydrogens is 352 g/mol. The van der Waals surface area contributed by atoms with Crippen LogP contribution in [0.25, 0.3) is 0 Å². The van der Waals surface area contributed by atoms with Gasteiger partial charge in [-0.25, -0.2) is 8.42 Å². The van der Waals surface area contributed by atoms with E-state index in [9.17, 15) is 13.2 Å². The molecule has 0 radical (unpaired) electrons. The summed E-state index contributed by atoms with van der Waals surface area (Å²) < 4.78 is 33.4. The van der Waals surface area contributed by atoms with E-state index in [1.807, 2.05) is 13.8 Å². The number of sulfonamides is 1. The van der Waals surface area contributed by atoms with Crippen LogP contribution in [0.5, 0.6) is 5.75 Å². The van der Waals surface area contributed by atoms with Crippen molar-refractivity contribution in [1.82, 2.24) is 9.62 Å². The molecule has 1 amide bonds. The number of amides is 1. The first-order valence-electron chi connectivity index (χ1n) is 9.27. The van der Waals surface area contributed by atoms with Gasteiger partial charge in [-0.3, -0.25) is 4.79 Å². The number of benzene rings is 1. The maximum Gasteiger partial charge on any atom is 0.261 e. The van der Waals surface area contributed by atoms with Gasteiger partial charge in [0.15, 0.2) is 6.10 Å². The maximum absolute atomic E-state index is 13.0. The molecule has 2 aliphatic heterocycles. The van der Waals surface area contributed by atoms with Gasteiger partial charge in [-0.2, -0.15) is 4.31 Å². The predicted molar refractivity (Wildman–Crippen MR) is 99.5 cm³/mol. The molecule has 3 atom stereocenters. The summed E-state index contributed by atoms with van der Waals surface area (Å²) in [5.74, 6) is 1.14. The molecule has 0 spiro atoms. The average molecular weight is 381 g/mol. The van der Waals surface area contributed by atoms with E-state index in [0.717, 1.165) is 12.0 Å². The van der Waals surface area contributed by atoms with Gasteiger partial charge in [0.25, 0.3) is 5.91 Å². The van der Waals surface area contributed by atoms with Crippen molar-refractivity contribution in [3.8, 4) is 5.75 Å². The van der Waals surface area contributed by atoms with E-state index in [1.54, 1.807) is 22.5 Å². The fraction of sp³-hybridized carbons (Fsp3) is 0.632. The number of hydrogen-bond donors (Lipinski definition) is 1. The highest BCUT2D eigenvalue weighted by atomic mass is 32.2. The second-order valence-electron chi connectivity index (χ2n) is 8.01. The molecule has 2 aliphatic rings. The number of carbonyl (C=O) groups is 1. The van der Waals surface area contributed by atoms with Crippen molar-refractivity contribution in [1.29, 1.82) is 0 Å². The number of hydrogen-bond acceptors (Lipinski definition) is 4. The fourth-order valence-electron chi connectivity index (χ4n) is 3.86. The minimum atomic E-state index is -3.53. The standard InChI is InChI=1S/C19H28N2O4S/c1-12(2)20-19(22)18-9-15-8-16(5-6-17(15)25-18)26(23,24)21-10-13(3)7-14(4)11-21/h5-6,8,12-14,18H,7,9-11H2,1-4H3,(H,20,22). The summed E-state index contributed by atoms with van der Waals surface area (Å²) in [5, 5.41) is 2.84. The van der Waals surface area contributed by atoms with Crippen LogP contribution in [-0.2, 0) is 21.2 Å². The highest BCUT2D eigenvalue weighted by molar-refractivity contribution is 7.89. The molecule has 3 rings (SSSR count). The van der Waals surface area contributed by atoms with Crippen molar-refractivity contribution in [2.75, 3.05) is 13.1 Å². The van der Waals surface area contributed by atoms with E-state index in [4.69, 9.17) is 4.74 Å². The second kappa shape index (κ2) is 7.19. The number of carbonyl (C=O) groups excluding carboxylic acids is 1. The Bertz CT molecular complexity index is 781. The van der Waals surface area contributed by atoms with E-state index < -0.39 is 16.1 Å². The van der Waals surface area contributed by atoms with Crippen molar-refractivity contribution in [3.63, 3.8) is 0 Å². The zero-order chi connectivity index (χ0) is 19.1. The van der Waals surface area contributed by atoms with Crippen LogP contribution in [-0.4, -0.2) is 43.9 Å². The summed E-state index contributed by atoms with van der Waals surface area (Å²) in [7, 11) is -3.53. The van der Waals surface area contributed by atoms with Crippen LogP contribution in [0.15, 0.2) is 23.1 Å². The number of fused-ring (bicyclic) bond motifs is 1. The molecule has 0 saturated carbocycles. The lowest BCUT2D eigenvalue weighted by atomic mass is 9.94. The molecule has 0 bridgehead atoms. The minimum Gasteiger partial charge on any atom is -0.480 e. The maximum atomic E-state index is 13.0. The molecular formula is C19H28N2O4S. The van der Waals surface area contributed by atoms with E-state index >= 15 is 0 Å². The summed E-state index contributed by atoms with van der Waals surface area (Å²) in [6.07, 6.45) is 0.848. The Balaban J connectivity index is 1.79. The molecule has 0 aliphatic carbocycles. The zero-order valence-corrected chi connectivity index (χ0v) is 16.7. The fourth-order valence-corrected chi connectivity index (χ4v) is 5.59. The van der Waals surface area contributed by atoms with Crippen molar-refractivity contribution in [2.45, 2.75) is 57.6 Å². The number of ether oxygens (including phenoxy) is 1. The molecule has 1 N–H and O–H groups in total. The molecule has 1 aromatic carbocycles. The number of nitrogens with one attached hydrogen (secondary N) is 1. The van der Waals surface area contributed by atoms with Crippen molar-refractivity contribution < 1.29 is 17.9 Å². The number of nitrogens with zero attached hydrogens (tertiary/aromatic N) is 1. The topological polar surface area (TPSA) is 75.7 Å². The second-order valence-corrected chi connectivity index (χ2v) is 9.95. The summed E-state index contributed by atoms with van der Waals surface area (Å²) >= 11 is 0. The Hall–Kier alpha value is -1.60. The molecule has 1 aromatic rings. The third kappa shape index (κ3) is 3.88. The molecule has 0 aromatic heterocycles. The van der Waals surface area contributed by atoms with Crippen molar-refractivity contribution >= 4 is 15.9 Å². The molecule has 7 heteroatoms. The van der Waals surface area contributed by atoms with Gasteiger partial charge < -0.3 is 10.1 Å². The van der Waals surface area contributed by atoms with Crippen LogP contribution in [0.1, 0.15) is 39.7 Å². The van der Waals surface area contributed by atoms with Gasteiger partial charge in [0.2, 0.25) is 10.0 Å². The monoisotopic (exact) mass is 380 g/mol. The van der Waals surface area contributed by atoms with Crippen LogP contribution in [0.4, 0.5) is 0 Å². The lowest BCUT2D eigenvalue weighted by Gasteiger charge is -2.34. The lowest BCUT2D eigenvalue weighted by Crippen LogP contribution is -2.42. The molecule has 1 fully saturated rings. The van der Waals surface area contributed by atoms with Crippen LogP contribution >= 0.6 is 0 Å². The molecule has 144 valence electrons. The average Bonchev–Trinajstić information content (AvgIpc) is 2.96. The summed E-state index contributed by atoms with van der Waals surface area (Å²) in [5.41, 5.74) is 0.771. The first-order valence-corrected chi connectivity index (χ1v) is 10.7. The van der Waals surface area contributed by atoms with Crippen molar-refractivity contribution in [2.24, 2.45) is 11.8 Å². The first-order chi connectivity index (χ1) is 12.2. The smallest absolute Gasteiger partial charge is 0.261 e. The third-order valence-corrected chi connectivity index (χ3v) is 6.73. The summed E-state index contributed by atoms with van der Waals surface area (Å²) in [4.78, 5) is 12.4. The largest absolute Gasteiger partial charge is 0.480 e. The van der Waals surface area contributed by atoms with Gasteiger partial charge in [-0.1, -0.05) is 13.8 Å². The Morgan fingerprint density at radius 3 is 2.50 bits per heavy atom. The van der Waals surface area contributed by atoms with E-state index in [-0.39, 0.29) is 16.8 Å². The molecule has 26 heavy (non-hydrogen) atoms. The van der Waals surface area contributed by atoms with E-state index in [1.165, 1.54) is 0 Å². The summed E-state index contributed by atoms with van der Waals surface area (Å²) in [6.45, 7) is 9.08. The van der Waals surface area contributed by atoms with E-state index in [0.29, 0.717) is 37.1 Å². The van der Waals surface area contributed by atoms with Gasteiger partial charge in [0, 0.05) is 25.6 Å². The van der Waals surface area contributed by atoms with Crippen LogP contribution < -0.4 is 10.1 Å². The highest BCUT2D eigenvalue weighted by Crippen LogP contribution is 2.33. The Labute approximate surface area is 156 Å². The SMILES string of the molecule is CC1CC(C)CN(S(=O)(=O)c2ccc3c(c2)CC(C(=O)NC(C)C)O3)C1. The normalized spacial score (nSPS) is 26.4. The van der Waals surface area contributed by atoms with Gasteiger partial charge in [-0.05, 0) is 55.9 Å². The zero-order valence-electron chi connectivity index (χ0n) is 15.9.